The van der Waals surface area contributed by atoms with E-state index in [4.69, 9.17) is 11.6 Å². The van der Waals surface area contributed by atoms with Crippen LogP contribution in [0.3, 0.4) is 0 Å². The lowest BCUT2D eigenvalue weighted by atomic mass is 10.1. The smallest absolute Gasteiger partial charge is 0.262 e. The van der Waals surface area contributed by atoms with Gasteiger partial charge in [0.1, 0.15) is 10.6 Å². The summed E-state index contributed by atoms with van der Waals surface area (Å²) in [5.74, 6) is -0.533. The molecule has 8 heteroatoms. The predicted molar refractivity (Wildman–Crippen MR) is 82.2 cm³/mol. The van der Waals surface area contributed by atoms with E-state index in [1.165, 1.54) is 23.6 Å². The fourth-order valence-corrected chi connectivity index (χ4v) is 2.63. The van der Waals surface area contributed by atoms with Gasteiger partial charge in [0.25, 0.3) is 5.91 Å². The highest BCUT2D eigenvalue weighted by atomic mass is 35.5. The van der Waals surface area contributed by atoms with E-state index in [1.54, 1.807) is 19.1 Å². The number of H-pyrrole nitrogens is 1. The van der Waals surface area contributed by atoms with Gasteiger partial charge in [-0.05, 0) is 25.1 Å². The maximum atomic E-state index is 12.3. The lowest BCUT2D eigenvalue weighted by Gasteiger charge is -2.03. The number of nitrogens with one attached hydrogen (secondary N) is 2. The SMILES string of the molecule is Cc1nnc(NC(=O)c2c[nH]c3ccc(Cl)cc3c2=O)s1. The van der Waals surface area contributed by atoms with Gasteiger partial charge in [-0.1, -0.05) is 22.9 Å². The molecule has 0 spiro atoms. The molecule has 0 aliphatic carbocycles. The first-order valence-corrected chi connectivity index (χ1v) is 7.16. The second-order valence-electron chi connectivity index (χ2n) is 4.30. The van der Waals surface area contributed by atoms with Crippen molar-refractivity contribution in [2.75, 3.05) is 5.32 Å². The zero-order valence-electron chi connectivity index (χ0n) is 10.8. The zero-order chi connectivity index (χ0) is 15.0. The largest absolute Gasteiger partial charge is 0.360 e. The molecular weight excluding hydrogens is 312 g/mol. The van der Waals surface area contributed by atoms with Crippen LogP contribution in [0.2, 0.25) is 5.02 Å². The summed E-state index contributed by atoms with van der Waals surface area (Å²) in [6.07, 6.45) is 1.38. The number of nitrogens with zero attached hydrogens (tertiary/aromatic N) is 2. The van der Waals surface area contributed by atoms with E-state index >= 15 is 0 Å². The van der Waals surface area contributed by atoms with Gasteiger partial charge in [-0.3, -0.25) is 14.9 Å². The summed E-state index contributed by atoms with van der Waals surface area (Å²) in [4.78, 5) is 27.4. The molecule has 3 rings (SSSR count). The number of anilines is 1. The molecule has 0 atom stereocenters. The van der Waals surface area contributed by atoms with Crippen molar-refractivity contribution in [3.63, 3.8) is 0 Å². The fraction of sp³-hybridized carbons (Fsp3) is 0.0769. The van der Waals surface area contributed by atoms with Crippen LogP contribution in [0.4, 0.5) is 5.13 Å². The molecule has 2 N–H and O–H groups in total. The second-order valence-corrected chi connectivity index (χ2v) is 5.92. The Kier molecular flexibility index (Phi) is 3.44. The van der Waals surface area contributed by atoms with Crippen LogP contribution in [0.1, 0.15) is 15.4 Å². The summed E-state index contributed by atoms with van der Waals surface area (Å²) in [5, 5.41) is 12.0. The van der Waals surface area contributed by atoms with E-state index in [1.807, 2.05) is 0 Å². The normalized spacial score (nSPS) is 10.8. The number of halogens is 1. The molecule has 3 aromatic rings. The van der Waals surface area contributed by atoms with Gasteiger partial charge in [-0.2, -0.15) is 0 Å². The standard InChI is InChI=1S/C13H9ClN4O2S/c1-6-17-18-13(21-6)16-12(20)9-5-15-10-3-2-7(14)4-8(10)11(9)19/h2-5H,1H3,(H,15,19)(H,16,18,20). The van der Waals surface area contributed by atoms with Crippen LogP contribution in [0, 0.1) is 6.92 Å². The molecule has 0 aliphatic rings. The van der Waals surface area contributed by atoms with Crippen LogP contribution in [-0.4, -0.2) is 21.1 Å². The topological polar surface area (TPSA) is 87.7 Å². The van der Waals surface area contributed by atoms with Gasteiger partial charge in [0.2, 0.25) is 10.6 Å². The number of fused-ring (bicyclic) bond motifs is 1. The summed E-state index contributed by atoms with van der Waals surface area (Å²) in [6.45, 7) is 1.78. The number of carbonyl (C=O) groups excluding carboxylic acids is 1. The number of benzene rings is 1. The molecule has 0 aliphatic heterocycles. The van der Waals surface area contributed by atoms with E-state index in [9.17, 15) is 9.59 Å². The summed E-state index contributed by atoms with van der Waals surface area (Å²) in [6, 6.07) is 4.89. The van der Waals surface area contributed by atoms with Crippen LogP contribution in [0.25, 0.3) is 10.9 Å². The summed E-state index contributed by atoms with van der Waals surface area (Å²) in [5.41, 5.74) is 0.232. The lowest BCUT2D eigenvalue weighted by Crippen LogP contribution is -2.21. The van der Waals surface area contributed by atoms with Crippen molar-refractivity contribution in [1.29, 1.82) is 0 Å². The van der Waals surface area contributed by atoms with Crippen molar-refractivity contribution in [3.05, 3.63) is 50.2 Å². The molecular formula is C13H9ClN4O2S. The van der Waals surface area contributed by atoms with Crippen molar-refractivity contribution in [2.24, 2.45) is 0 Å². The number of rotatable bonds is 2. The van der Waals surface area contributed by atoms with Gasteiger partial charge in [0, 0.05) is 22.1 Å². The van der Waals surface area contributed by atoms with E-state index in [0.29, 0.717) is 21.1 Å². The highest BCUT2D eigenvalue weighted by Crippen LogP contribution is 2.17. The van der Waals surface area contributed by atoms with E-state index < -0.39 is 5.91 Å². The van der Waals surface area contributed by atoms with Gasteiger partial charge >= 0.3 is 0 Å². The summed E-state index contributed by atoms with van der Waals surface area (Å²) < 4.78 is 0. The van der Waals surface area contributed by atoms with Gasteiger partial charge in [-0.25, -0.2) is 0 Å². The molecule has 106 valence electrons. The Labute approximate surface area is 127 Å². The van der Waals surface area contributed by atoms with Crippen molar-refractivity contribution in [1.82, 2.24) is 15.2 Å². The third-order valence-corrected chi connectivity index (χ3v) is 3.82. The third kappa shape index (κ3) is 2.65. The number of aryl methyl sites for hydroxylation is 1. The number of aromatic nitrogens is 3. The molecule has 6 nitrogen and oxygen atoms in total. The Hall–Kier alpha value is -2.25. The first kappa shape index (κ1) is 13.7. The molecule has 1 amide bonds. The van der Waals surface area contributed by atoms with E-state index in [-0.39, 0.29) is 11.0 Å². The number of amides is 1. The predicted octanol–water partition coefficient (Wildman–Crippen LogP) is 2.59. The fourth-order valence-electron chi connectivity index (χ4n) is 1.87. The maximum Gasteiger partial charge on any atom is 0.262 e. The molecule has 0 radical (unpaired) electrons. The first-order valence-electron chi connectivity index (χ1n) is 5.97. The van der Waals surface area contributed by atoms with Gasteiger partial charge in [0.05, 0.1) is 0 Å². The number of carbonyl (C=O) groups is 1. The molecule has 0 saturated heterocycles. The number of hydrogen-bond acceptors (Lipinski definition) is 5. The van der Waals surface area contributed by atoms with Crippen LogP contribution < -0.4 is 10.7 Å². The van der Waals surface area contributed by atoms with Gasteiger partial charge < -0.3 is 4.98 Å². The summed E-state index contributed by atoms with van der Waals surface area (Å²) >= 11 is 7.12. The number of hydrogen-bond donors (Lipinski definition) is 2. The lowest BCUT2D eigenvalue weighted by molar-refractivity contribution is 0.102. The van der Waals surface area contributed by atoms with Crippen LogP contribution >= 0.6 is 22.9 Å². The van der Waals surface area contributed by atoms with Crippen LogP contribution in [0.5, 0.6) is 0 Å². The Balaban J connectivity index is 2.02. The van der Waals surface area contributed by atoms with E-state index in [2.05, 4.69) is 20.5 Å². The molecule has 0 fully saturated rings. The maximum absolute atomic E-state index is 12.3. The minimum absolute atomic E-state index is 0.00220. The highest BCUT2D eigenvalue weighted by Gasteiger charge is 2.15. The van der Waals surface area contributed by atoms with Crippen molar-refractivity contribution < 1.29 is 4.79 Å². The van der Waals surface area contributed by atoms with Crippen molar-refractivity contribution >= 4 is 44.9 Å². The number of pyridine rings is 1. The average molecular weight is 321 g/mol. The van der Waals surface area contributed by atoms with Crippen molar-refractivity contribution in [2.45, 2.75) is 6.92 Å². The third-order valence-electron chi connectivity index (χ3n) is 2.83. The Morgan fingerprint density at radius 2 is 2.19 bits per heavy atom. The summed E-state index contributed by atoms with van der Waals surface area (Å²) in [7, 11) is 0. The minimum atomic E-state index is -0.533. The molecule has 0 bridgehead atoms. The first-order chi connectivity index (χ1) is 10.0. The second kappa shape index (κ2) is 5.27. The minimum Gasteiger partial charge on any atom is -0.360 e. The van der Waals surface area contributed by atoms with Gasteiger partial charge in [0.15, 0.2) is 0 Å². The highest BCUT2D eigenvalue weighted by molar-refractivity contribution is 7.15. The molecule has 2 aromatic heterocycles. The molecule has 0 saturated carbocycles. The van der Waals surface area contributed by atoms with Crippen molar-refractivity contribution in [3.8, 4) is 0 Å². The van der Waals surface area contributed by atoms with E-state index in [0.717, 1.165) is 5.01 Å². The van der Waals surface area contributed by atoms with Gasteiger partial charge in [-0.15, -0.1) is 10.2 Å². The molecule has 0 unspecified atom stereocenters. The molecule has 1 aromatic carbocycles. The number of aromatic amines is 1. The molecule has 21 heavy (non-hydrogen) atoms. The van der Waals surface area contributed by atoms with Crippen LogP contribution in [0.15, 0.2) is 29.2 Å². The Morgan fingerprint density at radius 3 is 2.90 bits per heavy atom. The quantitative estimate of drug-likeness (QED) is 0.759. The Morgan fingerprint density at radius 1 is 1.38 bits per heavy atom. The average Bonchev–Trinajstić information content (AvgIpc) is 2.85. The van der Waals surface area contributed by atoms with Crippen LogP contribution in [-0.2, 0) is 0 Å². The molecule has 2 heterocycles. The Bertz CT molecular complexity index is 903. The zero-order valence-corrected chi connectivity index (χ0v) is 12.4. The monoisotopic (exact) mass is 320 g/mol.